The number of sulfonamides is 1. The first-order chi connectivity index (χ1) is 12.4. The van der Waals surface area contributed by atoms with Gasteiger partial charge in [0.2, 0.25) is 10.0 Å². The van der Waals surface area contributed by atoms with Gasteiger partial charge in [-0.1, -0.05) is 25.8 Å². The number of hydrogen-bond donors (Lipinski definition) is 3. The summed E-state index contributed by atoms with van der Waals surface area (Å²) in [6.45, 7) is 5.63. The molecule has 3 rings (SSSR count). The highest BCUT2D eigenvalue weighted by Crippen LogP contribution is 2.23. The van der Waals surface area contributed by atoms with Crippen molar-refractivity contribution in [1.29, 1.82) is 0 Å². The van der Waals surface area contributed by atoms with E-state index in [9.17, 15) is 13.2 Å². The van der Waals surface area contributed by atoms with Gasteiger partial charge in [-0.05, 0) is 62.9 Å². The molecular formula is C19H29N3O3S. The molecule has 2 atom stereocenters. The van der Waals surface area contributed by atoms with E-state index < -0.39 is 10.0 Å². The molecule has 1 heterocycles. The molecule has 0 spiro atoms. The van der Waals surface area contributed by atoms with E-state index in [0.29, 0.717) is 17.0 Å². The van der Waals surface area contributed by atoms with Crippen LogP contribution in [0.1, 0.15) is 54.9 Å². The third-order valence-electron chi connectivity index (χ3n) is 5.52. The van der Waals surface area contributed by atoms with Crippen LogP contribution in [-0.2, 0) is 10.0 Å². The fourth-order valence-electron chi connectivity index (χ4n) is 3.84. The van der Waals surface area contributed by atoms with Crippen LogP contribution in [0, 0.1) is 12.8 Å². The van der Waals surface area contributed by atoms with Gasteiger partial charge in [-0.15, -0.1) is 0 Å². The van der Waals surface area contributed by atoms with Crippen LogP contribution >= 0.6 is 0 Å². The summed E-state index contributed by atoms with van der Waals surface area (Å²) in [7, 11) is -3.61. The molecular weight excluding hydrogens is 350 g/mol. The fraction of sp³-hybridized carbons (Fsp3) is 0.632. The molecule has 0 aromatic heterocycles. The van der Waals surface area contributed by atoms with E-state index in [0.717, 1.165) is 45.2 Å². The summed E-state index contributed by atoms with van der Waals surface area (Å²) < 4.78 is 28.3. The predicted molar refractivity (Wildman–Crippen MR) is 102 cm³/mol. The first-order valence-corrected chi connectivity index (χ1v) is 11.0. The van der Waals surface area contributed by atoms with Gasteiger partial charge in [0.1, 0.15) is 0 Å². The molecule has 2 aliphatic rings. The van der Waals surface area contributed by atoms with Gasteiger partial charge in [-0.2, -0.15) is 0 Å². The van der Waals surface area contributed by atoms with Crippen molar-refractivity contribution < 1.29 is 13.2 Å². The van der Waals surface area contributed by atoms with Gasteiger partial charge in [-0.25, -0.2) is 13.1 Å². The Morgan fingerprint density at radius 1 is 1.19 bits per heavy atom. The minimum absolute atomic E-state index is 0.00692. The lowest BCUT2D eigenvalue weighted by molar-refractivity contribution is 0.0914. The van der Waals surface area contributed by atoms with E-state index >= 15 is 0 Å². The SMILES string of the molecule is Cc1ccc(C(=O)NC2CCNCC2C)cc1S(=O)(=O)NC1CCCC1. The molecule has 3 N–H and O–H groups in total. The highest BCUT2D eigenvalue weighted by molar-refractivity contribution is 7.89. The number of nitrogens with one attached hydrogen (secondary N) is 3. The zero-order chi connectivity index (χ0) is 18.7. The average Bonchev–Trinajstić information content (AvgIpc) is 3.09. The monoisotopic (exact) mass is 379 g/mol. The zero-order valence-electron chi connectivity index (χ0n) is 15.5. The van der Waals surface area contributed by atoms with E-state index in [2.05, 4.69) is 22.3 Å². The Hall–Kier alpha value is -1.44. The second-order valence-corrected chi connectivity index (χ2v) is 9.32. The Labute approximate surface area is 156 Å². The molecule has 7 heteroatoms. The Bertz CT molecular complexity index is 757. The normalized spacial score (nSPS) is 24.5. The quantitative estimate of drug-likeness (QED) is 0.730. The Kier molecular flexibility index (Phi) is 5.99. The van der Waals surface area contributed by atoms with Crippen molar-refractivity contribution >= 4 is 15.9 Å². The van der Waals surface area contributed by atoms with Crippen LogP contribution in [0.3, 0.4) is 0 Å². The molecule has 1 aromatic rings. The summed E-state index contributed by atoms with van der Waals surface area (Å²) in [5, 5.41) is 6.37. The van der Waals surface area contributed by atoms with Gasteiger partial charge in [0.25, 0.3) is 5.91 Å². The Balaban J connectivity index is 1.77. The molecule has 1 saturated heterocycles. The highest BCUT2D eigenvalue weighted by Gasteiger charge is 2.26. The number of piperidine rings is 1. The lowest BCUT2D eigenvalue weighted by Gasteiger charge is -2.30. The summed E-state index contributed by atoms with van der Waals surface area (Å²) in [4.78, 5) is 12.9. The van der Waals surface area contributed by atoms with E-state index in [1.54, 1.807) is 19.1 Å². The van der Waals surface area contributed by atoms with Crippen molar-refractivity contribution in [2.75, 3.05) is 13.1 Å². The first kappa shape index (κ1) is 19.3. The summed E-state index contributed by atoms with van der Waals surface area (Å²) in [5.41, 5.74) is 1.05. The topological polar surface area (TPSA) is 87.3 Å². The second kappa shape index (κ2) is 8.06. The molecule has 6 nitrogen and oxygen atoms in total. The molecule has 2 unspecified atom stereocenters. The lowest BCUT2D eigenvalue weighted by Crippen LogP contribution is -2.48. The molecule has 1 amide bonds. The van der Waals surface area contributed by atoms with Crippen LogP contribution < -0.4 is 15.4 Å². The summed E-state index contributed by atoms with van der Waals surface area (Å²) >= 11 is 0. The molecule has 144 valence electrons. The van der Waals surface area contributed by atoms with Crippen molar-refractivity contribution in [3.63, 3.8) is 0 Å². The number of benzene rings is 1. The van der Waals surface area contributed by atoms with E-state index in [1.807, 2.05) is 0 Å². The van der Waals surface area contributed by atoms with Crippen molar-refractivity contribution in [2.45, 2.75) is 62.9 Å². The summed E-state index contributed by atoms with van der Waals surface area (Å²) in [5.74, 6) is 0.145. The molecule has 1 saturated carbocycles. The average molecular weight is 380 g/mol. The Morgan fingerprint density at radius 3 is 2.62 bits per heavy atom. The smallest absolute Gasteiger partial charge is 0.251 e. The van der Waals surface area contributed by atoms with Crippen molar-refractivity contribution in [3.05, 3.63) is 29.3 Å². The molecule has 0 bridgehead atoms. The molecule has 1 aromatic carbocycles. The maximum Gasteiger partial charge on any atom is 0.251 e. The van der Waals surface area contributed by atoms with Crippen molar-refractivity contribution in [1.82, 2.24) is 15.4 Å². The molecule has 2 fully saturated rings. The largest absolute Gasteiger partial charge is 0.349 e. The lowest BCUT2D eigenvalue weighted by atomic mass is 9.95. The van der Waals surface area contributed by atoms with Gasteiger partial charge in [0.15, 0.2) is 0 Å². The number of rotatable bonds is 5. The maximum atomic E-state index is 12.8. The van der Waals surface area contributed by atoms with Crippen molar-refractivity contribution in [2.24, 2.45) is 5.92 Å². The third kappa shape index (κ3) is 4.45. The fourth-order valence-corrected chi connectivity index (χ4v) is 5.41. The highest BCUT2D eigenvalue weighted by atomic mass is 32.2. The van der Waals surface area contributed by atoms with Crippen molar-refractivity contribution in [3.8, 4) is 0 Å². The van der Waals surface area contributed by atoms with Crippen LogP contribution in [0.25, 0.3) is 0 Å². The van der Waals surface area contributed by atoms with Gasteiger partial charge in [0.05, 0.1) is 4.90 Å². The predicted octanol–water partition coefficient (Wildman–Crippen LogP) is 1.94. The zero-order valence-corrected chi connectivity index (χ0v) is 16.4. The number of aryl methyl sites for hydroxylation is 1. The van der Waals surface area contributed by atoms with E-state index in [1.165, 1.54) is 6.07 Å². The van der Waals surface area contributed by atoms with Crippen LogP contribution in [-0.4, -0.2) is 39.5 Å². The van der Waals surface area contributed by atoms with Gasteiger partial charge in [-0.3, -0.25) is 4.79 Å². The molecule has 0 radical (unpaired) electrons. The molecule has 26 heavy (non-hydrogen) atoms. The molecule has 1 aliphatic carbocycles. The van der Waals surface area contributed by atoms with Gasteiger partial charge >= 0.3 is 0 Å². The maximum absolute atomic E-state index is 12.8. The minimum atomic E-state index is -3.61. The number of hydrogen-bond acceptors (Lipinski definition) is 4. The van der Waals surface area contributed by atoms with E-state index in [4.69, 9.17) is 0 Å². The number of amides is 1. The standard InChI is InChI=1S/C19H29N3O3S/c1-13-7-8-15(19(23)21-17-9-10-20-12-14(17)2)11-18(13)26(24,25)22-16-5-3-4-6-16/h7-8,11,14,16-17,20,22H,3-6,9-10,12H2,1-2H3,(H,21,23). The number of carbonyl (C=O) groups is 1. The van der Waals surface area contributed by atoms with Crippen LogP contribution in [0.4, 0.5) is 0 Å². The first-order valence-electron chi connectivity index (χ1n) is 9.51. The molecule has 1 aliphatic heterocycles. The van der Waals surface area contributed by atoms with Crippen LogP contribution in [0.2, 0.25) is 0 Å². The van der Waals surface area contributed by atoms with Gasteiger partial charge in [0, 0.05) is 17.6 Å². The second-order valence-electron chi connectivity index (χ2n) is 7.63. The summed E-state index contributed by atoms with van der Waals surface area (Å²) in [6.07, 6.45) is 4.76. The summed E-state index contributed by atoms with van der Waals surface area (Å²) in [6, 6.07) is 5.04. The Morgan fingerprint density at radius 2 is 1.92 bits per heavy atom. The number of carbonyl (C=O) groups excluding carboxylic acids is 1. The van der Waals surface area contributed by atoms with Gasteiger partial charge < -0.3 is 10.6 Å². The van der Waals surface area contributed by atoms with Crippen LogP contribution in [0.15, 0.2) is 23.1 Å². The van der Waals surface area contributed by atoms with Crippen LogP contribution in [0.5, 0.6) is 0 Å². The van der Waals surface area contributed by atoms with E-state index in [-0.39, 0.29) is 22.9 Å². The minimum Gasteiger partial charge on any atom is -0.349 e. The third-order valence-corrected chi connectivity index (χ3v) is 7.18.